The molecule has 17 heavy (non-hydrogen) atoms. The van der Waals surface area contributed by atoms with Crippen molar-refractivity contribution in [3.63, 3.8) is 0 Å². The summed E-state index contributed by atoms with van der Waals surface area (Å²) in [5.74, 6) is 0.871. The number of esters is 1. The zero-order valence-electron chi connectivity index (χ0n) is 11.2. The Balaban J connectivity index is 0. The Morgan fingerprint density at radius 3 is 2.18 bits per heavy atom. The molecule has 0 saturated carbocycles. The molecule has 0 aliphatic rings. The van der Waals surface area contributed by atoms with Crippen molar-refractivity contribution >= 4 is 35.9 Å². The molecule has 2 N–H and O–H groups in total. The first kappa shape index (κ1) is 18.8. The van der Waals surface area contributed by atoms with E-state index in [2.05, 4.69) is 34.2 Å². The molecule has 0 aromatic carbocycles. The summed E-state index contributed by atoms with van der Waals surface area (Å²) < 4.78 is 4.64. The average molecular weight is 357 g/mol. The largest absolute Gasteiger partial charge is 0.469 e. The van der Waals surface area contributed by atoms with Crippen LogP contribution in [0.15, 0.2) is 4.99 Å². The number of aliphatic imine (C=N–C) groups is 1. The number of ether oxygens (including phenoxy) is 1. The number of guanidine groups is 1. The SMILES string of the molecule is CN=C(NCC(C)C)NCC(C)C(=O)OC.I. The van der Waals surface area contributed by atoms with E-state index >= 15 is 0 Å². The molecule has 1 atom stereocenters. The number of rotatable bonds is 5. The molecule has 0 heterocycles. The standard InChI is InChI=1S/C11H23N3O2.HI/c1-8(2)6-13-11(12-4)14-7-9(3)10(15)16-5;/h8-9H,6-7H2,1-5H3,(H2,12,13,14);1H. The van der Waals surface area contributed by atoms with Gasteiger partial charge >= 0.3 is 5.97 Å². The van der Waals surface area contributed by atoms with Crippen molar-refractivity contribution in [2.24, 2.45) is 16.8 Å². The highest BCUT2D eigenvalue weighted by molar-refractivity contribution is 14.0. The van der Waals surface area contributed by atoms with Crippen LogP contribution in [0, 0.1) is 11.8 Å². The van der Waals surface area contributed by atoms with Gasteiger partial charge < -0.3 is 15.4 Å². The second kappa shape index (κ2) is 10.6. The third kappa shape index (κ3) is 9.20. The van der Waals surface area contributed by atoms with E-state index in [0.717, 1.165) is 6.54 Å². The Labute approximate surface area is 121 Å². The lowest BCUT2D eigenvalue weighted by molar-refractivity contribution is -0.144. The molecule has 6 heteroatoms. The first-order valence-electron chi connectivity index (χ1n) is 5.53. The van der Waals surface area contributed by atoms with Crippen molar-refractivity contribution in [3.8, 4) is 0 Å². The van der Waals surface area contributed by atoms with Gasteiger partial charge in [-0.05, 0) is 5.92 Å². The van der Waals surface area contributed by atoms with E-state index in [1.165, 1.54) is 7.11 Å². The van der Waals surface area contributed by atoms with Gasteiger partial charge in [0.25, 0.3) is 0 Å². The summed E-state index contributed by atoms with van der Waals surface area (Å²) in [6.07, 6.45) is 0. The Kier molecular flexibility index (Phi) is 11.8. The van der Waals surface area contributed by atoms with Crippen LogP contribution in [0.5, 0.6) is 0 Å². The minimum absolute atomic E-state index is 0. The van der Waals surface area contributed by atoms with Gasteiger partial charge in [-0.1, -0.05) is 20.8 Å². The highest BCUT2D eigenvalue weighted by atomic mass is 127. The molecule has 0 bridgehead atoms. The maximum absolute atomic E-state index is 11.2. The maximum Gasteiger partial charge on any atom is 0.310 e. The fraction of sp³-hybridized carbons (Fsp3) is 0.818. The summed E-state index contributed by atoms with van der Waals surface area (Å²) in [5.41, 5.74) is 0. The van der Waals surface area contributed by atoms with Crippen LogP contribution in [0.1, 0.15) is 20.8 Å². The molecule has 1 unspecified atom stereocenters. The Hall–Kier alpha value is -0.530. The molecule has 102 valence electrons. The minimum Gasteiger partial charge on any atom is -0.469 e. The zero-order chi connectivity index (χ0) is 12.6. The minimum atomic E-state index is -0.216. The van der Waals surface area contributed by atoms with E-state index in [9.17, 15) is 4.79 Å². The van der Waals surface area contributed by atoms with Gasteiger partial charge in [-0.25, -0.2) is 0 Å². The lowest BCUT2D eigenvalue weighted by Gasteiger charge is -2.15. The van der Waals surface area contributed by atoms with E-state index in [-0.39, 0.29) is 35.9 Å². The first-order chi connectivity index (χ1) is 7.51. The van der Waals surface area contributed by atoms with Crippen LogP contribution in [-0.4, -0.2) is 39.2 Å². The van der Waals surface area contributed by atoms with Gasteiger partial charge in [-0.3, -0.25) is 9.79 Å². The number of methoxy groups -OCH3 is 1. The van der Waals surface area contributed by atoms with Crippen LogP contribution in [-0.2, 0) is 9.53 Å². The normalized spacial score (nSPS) is 12.7. The first-order valence-corrected chi connectivity index (χ1v) is 5.53. The molecule has 0 aromatic rings. The molecule has 0 saturated heterocycles. The zero-order valence-corrected chi connectivity index (χ0v) is 13.6. The number of nitrogens with one attached hydrogen (secondary N) is 2. The second-order valence-corrected chi connectivity index (χ2v) is 4.15. The van der Waals surface area contributed by atoms with Gasteiger partial charge in [0.1, 0.15) is 0 Å². The fourth-order valence-corrected chi connectivity index (χ4v) is 1.06. The van der Waals surface area contributed by atoms with Crippen molar-refractivity contribution in [3.05, 3.63) is 0 Å². The second-order valence-electron chi connectivity index (χ2n) is 4.15. The number of carbonyl (C=O) groups excluding carboxylic acids is 1. The van der Waals surface area contributed by atoms with Crippen molar-refractivity contribution in [1.29, 1.82) is 0 Å². The van der Waals surface area contributed by atoms with Gasteiger partial charge in [0.15, 0.2) is 5.96 Å². The molecular formula is C11H24IN3O2. The summed E-state index contributed by atoms with van der Waals surface area (Å²) in [6, 6.07) is 0. The quantitative estimate of drug-likeness (QED) is 0.336. The lowest BCUT2D eigenvalue weighted by Crippen LogP contribution is -2.42. The molecule has 0 radical (unpaired) electrons. The Bertz CT molecular complexity index is 245. The third-order valence-electron chi connectivity index (χ3n) is 2.08. The summed E-state index contributed by atoms with van der Waals surface area (Å²) in [7, 11) is 3.10. The molecular weight excluding hydrogens is 333 g/mol. The van der Waals surface area contributed by atoms with Crippen molar-refractivity contribution in [2.75, 3.05) is 27.2 Å². The van der Waals surface area contributed by atoms with Gasteiger partial charge in [0, 0.05) is 20.1 Å². The number of hydrogen-bond acceptors (Lipinski definition) is 3. The Morgan fingerprint density at radius 1 is 1.24 bits per heavy atom. The van der Waals surface area contributed by atoms with E-state index in [0.29, 0.717) is 18.4 Å². The molecule has 0 amide bonds. The number of halogens is 1. The van der Waals surface area contributed by atoms with Crippen LogP contribution in [0.25, 0.3) is 0 Å². The van der Waals surface area contributed by atoms with Crippen LogP contribution in [0.3, 0.4) is 0 Å². The average Bonchev–Trinajstić information content (AvgIpc) is 2.27. The van der Waals surface area contributed by atoms with Gasteiger partial charge in [0.05, 0.1) is 13.0 Å². The van der Waals surface area contributed by atoms with Crippen molar-refractivity contribution in [2.45, 2.75) is 20.8 Å². The summed E-state index contributed by atoms with van der Waals surface area (Å²) in [5, 5.41) is 6.25. The summed E-state index contributed by atoms with van der Waals surface area (Å²) in [6.45, 7) is 7.43. The molecule has 0 spiro atoms. The fourth-order valence-electron chi connectivity index (χ4n) is 1.06. The number of nitrogens with zero attached hydrogens (tertiary/aromatic N) is 1. The van der Waals surface area contributed by atoms with Crippen LogP contribution in [0.2, 0.25) is 0 Å². The number of hydrogen-bond donors (Lipinski definition) is 2. The predicted octanol–water partition coefficient (Wildman–Crippen LogP) is 1.23. The van der Waals surface area contributed by atoms with E-state index < -0.39 is 0 Å². The van der Waals surface area contributed by atoms with Crippen LogP contribution in [0.4, 0.5) is 0 Å². The lowest BCUT2D eigenvalue weighted by atomic mass is 10.2. The number of carbonyl (C=O) groups is 1. The smallest absolute Gasteiger partial charge is 0.310 e. The van der Waals surface area contributed by atoms with Gasteiger partial charge in [0.2, 0.25) is 0 Å². The van der Waals surface area contributed by atoms with Crippen molar-refractivity contribution in [1.82, 2.24) is 10.6 Å². The molecule has 0 aliphatic heterocycles. The van der Waals surface area contributed by atoms with Crippen molar-refractivity contribution < 1.29 is 9.53 Å². The molecule has 0 rings (SSSR count). The molecule has 0 aliphatic carbocycles. The Morgan fingerprint density at radius 2 is 1.76 bits per heavy atom. The van der Waals surface area contributed by atoms with Crippen LogP contribution >= 0.6 is 24.0 Å². The predicted molar refractivity (Wildman–Crippen MR) is 80.8 cm³/mol. The van der Waals surface area contributed by atoms with E-state index in [1.807, 2.05) is 6.92 Å². The molecule has 5 nitrogen and oxygen atoms in total. The van der Waals surface area contributed by atoms with Gasteiger partial charge in [-0.2, -0.15) is 0 Å². The highest BCUT2D eigenvalue weighted by Crippen LogP contribution is 1.95. The van der Waals surface area contributed by atoms with E-state index in [4.69, 9.17) is 0 Å². The highest BCUT2D eigenvalue weighted by Gasteiger charge is 2.13. The van der Waals surface area contributed by atoms with Crippen LogP contribution < -0.4 is 10.6 Å². The summed E-state index contributed by atoms with van der Waals surface area (Å²) in [4.78, 5) is 15.2. The monoisotopic (exact) mass is 357 g/mol. The third-order valence-corrected chi connectivity index (χ3v) is 2.08. The molecule has 0 aromatic heterocycles. The molecule has 0 fully saturated rings. The topological polar surface area (TPSA) is 62.7 Å². The van der Waals surface area contributed by atoms with Gasteiger partial charge in [-0.15, -0.1) is 24.0 Å². The summed E-state index contributed by atoms with van der Waals surface area (Å²) >= 11 is 0. The maximum atomic E-state index is 11.2. The van der Waals surface area contributed by atoms with E-state index in [1.54, 1.807) is 7.05 Å².